The van der Waals surface area contributed by atoms with Crippen molar-refractivity contribution >= 4 is 11.6 Å². The minimum Gasteiger partial charge on any atom is -0.361 e. The van der Waals surface area contributed by atoms with Crippen LogP contribution < -0.4 is 16.0 Å². The molecular formula is C16H25N3O. The van der Waals surface area contributed by atoms with E-state index >= 15 is 0 Å². The maximum atomic E-state index is 12.0. The molecule has 1 aliphatic rings. The highest BCUT2D eigenvalue weighted by Gasteiger charge is 2.28. The van der Waals surface area contributed by atoms with Crippen LogP contribution >= 0.6 is 0 Å². The highest BCUT2D eigenvalue weighted by molar-refractivity contribution is 5.82. The van der Waals surface area contributed by atoms with E-state index in [1.54, 1.807) is 0 Å². The van der Waals surface area contributed by atoms with Gasteiger partial charge in [-0.3, -0.25) is 4.79 Å². The number of nitrogens with one attached hydrogen (secondary N) is 1. The van der Waals surface area contributed by atoms with Crippen molar-refractivity contribution in [3.8, 4) is 0 Å². The fourth-order valence-electron chi connectivity index (χ4n) is 2.73. The zero-order valence-corrected chi connectivity index (χ0v) is 12.4. The van der Waals surface area contributed by atoms with Crippen LogP contribution in [0.4, 0.5) is 5.69 Å². The first kappa shape index (κ1) is 14.9. The zero-order valence-electron chi connectivity index (χ0n) is 12.4. The summed E-state index contributed by atoms with van der Waals surface area (Å²) in [7, 11) is 0. The SMILES string of the molecule is CC(C)CNC(=O)CN1CC(CCN)c2ccccc21. The summed E-state index contributed by atoms with van der Waals surface area (Å²) >= 11 is 0. The van der Waals surface area contributed by atoms with Crippen LogP contribution in [0.3, 0.4) is 0 Å². The Morgan fingerprint density at radius 2 is 2.20 bits per heavy atom. The van der Waals surface area contributed by atoms with Crippen LogP contribution in [0.1, 0.15) is 31.7 Å². The van der Waals surface area contributed by atoms with Gasteiger partial charge in [-0.2, -0.15) is 0 Å². The molecule has 0 radical (unpaired) electrons. The number of nitrogens with zero attached hydrogens (tertiary/aromatic N) is 1. The summed E-state index contributed by atoms with van der Waals surface area (Å²) in [5, 5.41) is 2.98. The van der Waals surface area contributed by atoms with Crippen molar-refractivity contribution in [2.75, 3.05) is 31.1 Å². The van der Waals surface area contributed by atoms with Gasteiger partial charge >= 0.3 is 0 Å². The molecule has 4 nitrogen and oxygen atoms in total. The fraction of sp³-hybridized carbons (Fsp3) is 0.562. The van der Waals surface area contributed by atoms with Crippen molar-refractivity contribution in [1.82, 2.24) is 5.32 Å². The van der Waals surface area contributed by atoms with E-state index < -0.39 is 0 Å². The molecule has 4 heteroatoms. The Bertz CT molecular complexity index is 459. The van der Waals surface area contributed by atoms with Gasteiger partial charge in [0.1, 0.15) is 0 Å². The molecule has 0 fully saturated rings. The summed E-state index contributed by atoms with van der Waals surface area (Å²) in [6, 6.07) is 8.34. The van der Waals surface area contributed by atoms with Gasteiger partial charge in [-0.25, -0.2) is 0 Å². The normalized spacial score (nSPS) is 17.4. The van der Waals surface area contributed by atoms with Crippen molar-refractivity contribution < 1.29 is 4.79 Å². The third-order valence-electron chi connectivity index (χ3n) is 3.72. The van der Waals surface area contributed by atoms with Crippen LogP contribution in [-0.4, -0.2) is 32.1 Å². The molecule has 2 rings (SSSR count). The first-order valence-electron chi connectivity index (χ1n) is 7.42. The second-order valence-electron chi connectivity index (χ2n) is 5.91. The highest BCUT2D eigenvalue weighted by atomic mass is 16.2. The molecule has 0 saturated heterocycles. The average Bonchev–Trinajstić information content (AvgIpc) is 2.76. The first-order valence-corrected chi connectivity index (χ1v) is 7.42. The molecule has 20 heavy (non-hydrogen) atoms. The van der Waals surface area contributed by atoms with E-state index in [4.69, 9.17) is 5.73 Å². The van der Waals surface area contributed by atoms with E-state index in [0.717, 1.165) is 19.5 Å². The maximum absolute atomic E-state index is 12.0. The molecule has 110 valence electrons. The van der Waals surface area contributed by atoms with Crippen molar-refractivity contribution in [2.24, 2.45) is 11.7 Å². The second kappa shape index (κ2) is 6.75. The smallest absolute Gasteiger partial charge is 0.239 e. The van der Waals surface area contributed by atoms with E-state index in [2.05, 4.69) is 42.3 Å². The molecular weight excluding hydrogens is 250 g/mol. The standard InChI is InChI=1S/C16H25N3O/c1-12(2)9-18-16(20)11-19-10-13(7-8-17)14-5-3-4-6-15(14)19/h3-6,12-13H,7-11,17H2,1-2H3,(H,18,20). The van der Waals surface area contributed by atoms with Gasteiger partial charge in [0, 0.05) is 24.7 Å². The van der Waals surface area contributed by atoms with Crippen LogP contribution in [0.2, 0.25) is 0 Å². The molecule has 1 amide bonds. The van der Waals surface area contributed by atoms with E-state index in [9.17, 15) is 4.79 Å². The third kappa shape index (κ3) is 3.51. The van der Waals surface area contributed by atoms with Crippen molar-refractivity contribution in [1.29, 1.82) is 0 Å². The maximum Gasteiger partial charge on any atom is 0.239 e. The number of carbonyl (C=O) groups excluding carboxylic acids is 1. The number of rotatable bonds is 6. The molecule has 1 unspecified atom stereocenters. The van der Waals surface area contributed by atoms with E-state index in [1.165, 1.54) is 11.3 Å². The summed E-state index contributed by atoms with van der Waals surface area (Å²) in [5.41, 5.74) is 8.21. The number of fused-ring (bicyclic) bond motifs is 1. The van der Waals surface area contributed by atoms with E-state index in [-0.39, 0.29) is 5.91 Å². The van der Waals surface area contributed by atoms with Crippen LogP contribution in [0.15, 0.2) is 24.3 Å². The lowest BCUT2D eigenvalue weighted by Gasteiger charge is -2.19. The molecule has 1 heterocycles. The number of amides is 1. The Hall–Kier alpha value is -1.55. The van der Waals surface area contributed by atoms with Gasteiger partial charge in [0.15, 0.2) is 0 Å². The Morgan fingerprint density at radius 1 is 1.45 bits per heavy atom. The number of anilines is 1. The van der Waals surface area contributed by atoms with Gasteiger partial charge < -0.3 is 16.0 Å². The molecule has 0 bridgehead atoms. The van der Waals surface area contributed by atoms with Gasteiger partial charge in [0.2, 0.25) is 5.91 Å². The lowest BCUT2D eigenvalue weighted by Crippen LogP contribution is -2.38. The highest BCUT2D eigenvalue weighted by Crippen LogP contribution is 2.37. The summed E-state index contributed by atoms with van der Waals surface area (Å²) in [4.78, 5) is 14.2. The van der Waals surface area contributed by atoms with Gasteiger partial charge in [0.05, 0.1) is 6.54 Å². The molecule has 0 spiro atoms. The molecule has 0 aliphatic carbocycles. The molecule has 3 N–H and O–H groups in total. The number of hydrogen-bond acceptors (Lipinski definition) is 3. The molecule has 0 saturated carbocycles. The Labute approximate surface area is 121 Å². The largest absolute Gasteiger partial charge is 0.361 e. The topological polar surface area (TPSA) is 58.4 Å². The molecule has 1 atom stereocenters. The lowest BCUT2D eigenvalue weighted by atomic mass is 9.98. The predicted molar refractivity (Wildman–Crippen MR) is 82.9 cm³/mol. The average molecular weight is 275 g/mol. The minimum absolute atomic E-state index is 0.0990. The van der Waals surface area contributed by atoms with Gasteiger partial charge in [-0.15, -0.1) is 0 Å². The molecule has 1 aromatic carbocycles. The van der Waals surface area contributed by atoms with Gasteiger partial charge in [0.25, 0.3) is 0 Å². The number of nitrogens with two attached hydrogens (primary N) is 1. The lowest BCUT2D eigenvalue weighted by molar-refractivity contribution is -0.119. The van der Waals surface area contributed by atoms with Crippen LogP contribution in [-0.2, 0) is 4.79 Å². The molecule has 1 aliphatic heterocycles. The van der Waals surface area contributed by atoms with Crippen molar-refractivity contribution in [3.05, 3.63) is 29.8 Å². The number of carbonyl (C=O) groups is 1. The van der Waals surface area contributed by atoms with E-state index in [1.807, 2.05) is 6.07 Å². The van der Waals surface area contributed by atoms with Crippen molar-refractivity contribution in [2.45, 2.75) is 26.2 Å². The number of benzene rings is 1. The van der Waals surface area contributed by atoms with E-state index in [0.29, 0.717) is 24.9 Å². The van der Waals surface area contributed by atoms with Crippen LogP contribution in [0, 0.1) is 5.92 Å². The second-order valence-corrected chi connectivity index (χ2v) is 5.91. The quantitative estimate of drug-likeness (QED) is 0.831. The summed E-state index contributed by atoms with van der Waals surface area (Å²) in [6.07, 6.45) is 0.973. The third-order valence-corrected chi connectivity index (χ3v) is 3.72. The monoisotopic (exact) mass is 275 g/mol. The summed E-state index contributed by atoms with van der Waals surface area (Å²) < 4.78 is 0. The summed E-state index contributed by atoms with van der Waals surface area (Å²) in [6.45, 7) is 6.95. The van der Waals surface area contributed by atoms with Gasteiger partial charge in [-0.05, 0) is 30.5 Å². The minimum atomic E-state index is 0.0990. The summed E-state index contributed by atoms with van der Waals surface area (Å²) in [5.74, 6) is 1.03. The van der Waals surface area contributed by atoms with Crippen molar-refractivity contribution in [3.63, 3.8) is 0 Å². The molecule has 0 aromatic heterocycles. The van der Waals surface area contributed by atoms with Crippen LogP contribution in [0.5, 0.6) is 0 Å². The predicted octanol–water partition coefficient (Wildman–Crippen LogP) is 1.71. The zero-order chi connectivity index (χ0) is 14.5. The Balaban J connectivity index is 2.01. The Kier molecular flexibility index (Phi) is 5.01. The van der Waals surface area contributed by atoms with Crippen LogP contribution in [0.25, 0.3) is 0 Å². The first-order chi connectivity index (χ1) is 9.61. The number of hydrogen-bond donors (Lipinski definition) is 2. The Morgan fingerprint density at radius 3 is 2.90 bits per heavy atom. The van der Waals surface area contributed by atoms with Gasteiger partial charge in [-0.1, -0.05) is 32.0 Å². The fourth-order valence-corrected chi connectivity index (χ4v) is 2.73. The number of para-hydroxylation sites is 1. The molecule has 1 aromatic rings.